The van der Waals surface area contributed by atoms with Gasteiger partial charge in [-0.3, -0.25) is 4.79 Å². The summed E-state index contributed by atoms with van der Waals surface area (Å²) in [5, 5.41) is 1.56. The molecule has 1 N–H and O–H groups in total. The summed E-state index contributed by atoms with van der Waals surface area (Å²) in [5.74, 6) is -2.71. The molecule has 0 fully saturated rings. The molecule has 0 heterocycles. The summed E-state index contributed by atoms with van der Waals surface area (Å²) in [6.07, 6.45) is -2.89. The molecule has 7 heteroatoms. The third kappa shape index (κ3) is 6.53. The summed E-state index contributed by atoms with van der Waals surface area (Å²) < 4.78 is 39.3. The standard InChI is InChI=1S/C8H10F3NO3/c1-2-15-6(13)4-3-5-12-7(14)8(9,10)11/h3-4H,2,5H2,1H3,(H,12,14)/b4-3+. The predicted molar refractivity (Wildman–Crippen MR) is 44.8 cm³/mol. The largest absolute Gasteiger partial charge is 0.471 e. The zero-order valence-electron chi connectivity index (χ0n) is 7.93. The molecular weight excluding hydrogens is 215 g/mol. The van der Waals surface area contributed by atoms with Gasteiger partial charge in [0.25, 0.3) is 0 Å². The predicted octanol–water partition coefficient (Wildman–Crippen LogP) is 0.784. The molecule has 86 valence electrons. The molecule has 0 rings (SSSR count). The van der Waals surface area contributed by atoms with E-state index in [4.69, 9.17) is 0 Å². The Kier molecular flexibility index (Phi) is 5.43. The van der Waals surface area contributed by atoms with Crippen molar-refractivity contribution in [2.24, 2.45) is 0 Å². The maximum Gasteiger partial charge on any atom is 0.471 e. The maximum atomic E-state index is 11.6. The Bertz CT molecular complexity index is 260. The minimum Gasteiger partial charge on any atom is -0.463 e. The molecule has 0 aromatic heterocycles. The Hall–Kier alpha value is -1.53. The average molecular weight is 225 g/mol. The zero-order chi connectivity index (χ0) is 11.9. The summed E-state index contributed by atoms with van der Waals surface area (Å²) >= 11 is 0. The molecule has 4 nitrogen and oxygen atoms in total. The summed E-state index contributed by atoms with van der Waals surface area (Å²) in [6.45, 7) is 1.40. The Morgan fingerprint density at radius 3 is 2.47 bits per heavy atom. The highest BCUT2D eigenvalue weighted by molar-refractivity contribution is 5.83. The minimum absolute atomic E-state index is 0.179. The van der Waals surface area contributed by atoms with Crippen molar-refractivity contribution in [1.82, 2.24) is 5.32 Å². The molecule has 0 radical (unpaired) electrons. The van der Waals surface area contributed by atoms with Gasteiger partial charge in [-0.1, -0.05) is 6.08 Å². The molecule has 0 unspecified atom stereocenters. The fourth-order valence-electron chi connectivity index (χ4n) is 0.597. The highest BCUT2D eigenvalue weighted by Gasteiger charge is 2.37. The van der Waals surface area contributed by atoms with E-state index < -0.39 is 18.1 Å². The smallest absolute Gasteiger partial charge is 0.463 e. The van der Waals surface area contributed by atoms with Crippen molar-refractivity contribution in [2.45, 2.75) is 13.1 Å². The van der Waals surface area contributed by atoms with E-state index in [1.807, 2.05) is 0 Å². The van der Waals surface area contributed by atoms with Gasteiger partial charge in [0, 0.05) is 12.6 Å². The lowest BCUT2D eigenvalue weighted by Crippen LogP contribution is -2.36. The van der Waals surface area contributed by atoms with Crippen LogP contribution in [0.4, 0.5) is 13.2 Å². The normalized spacial score (nSPS) is 11.5. The van der Waals surface area contributed by atoms with Gasteiger partial charge in [0.05, 0.1) is 6.61 Å². The number of carbonyl (C=O) groups is 2. The van der Waals surface area contributed by atoms with Crippen LogP contribution < -0.4 is 5.32 Å². The van der Waals surface area contributed by atoms with Gasteiger partial charge in [0.15, 0.2) is 0 Å². The highest BCUT2D eigenvalue weighted by atomic mass is 19.4. The molecule has 0 aliphatic rings. The van der Waals surface area contributed by atoms with Gasteiger partial charge in [-0.25, -0.2) is 4.79 Å². The van der Waals surface area contributed by atoms with Crippen LogP contribution in [0.1, 0.15) is 6.92 Å². The van der Waals surface area contributed by atoms with Crippen LogP contribution in [-0.2, 0) is 14.3 Å². The van der Waals surface area contributed by atoms with Crippen LogP contribution >= 0.6 is 0 Å². The molecule has 0 spiro atoms. The maximum absolute atomic E-state index is 11.6. The lowest BCUT2D eigenvalue weighted by molar-refractivity contribution is -0.173. The summed E-state index contributed by atoms with van der Waals surface area (Å²) in [6, 6.07) is 0. The Morgan fingerprint density at radius 2 is 2.00 bits per heavy atom. The van der Waals surface area contributed by atoms with E-state index in [1.54, 1.807) is 12.2 Å². The number of nitrogens with one attached hydrogen (secondary N) is 1. The first kappa shape index (κ1) is 13.5. The van der Waals surface area contributed by atoms with Gasteiger partial charge in [-0.2, -0.15) is 13.2 Å². The molecule has 1 amide bonds. The topological polar surface area (TPSA) is 55.4 Å². The van der Waals surface area contributed by atoms with Crippen molar-refractivity contribution in [3.05, 3.63) is 12.2 Å². The van der Waals surface area contributed by atoms with Crippen molar-refractivity contribution >= 4 is 11.9 Å². The van der Waals surface area contributed by atoms with Crippen molar-refractivity contribution in [3.63, 3.8) is 0 Å². The quantitative estimate of drug-likeness (QED) is 0.568. The van der Waals surface area contributed by atoms with Crippen LogP contribution in [0, 0.1) is 0 Å². The molecule has 0 aromatic rings. The summed E-state index contributed by atoms with van der Waals surface area (Å²) in [7, 11) is 0. The monoisotopic (exact) mass is 225 g/mol. The number of amides is 1. The molecule has 0 saturated heterocycles. The molecule has 15 heavy (non-hydrogen) atoms. The molecular formula is C8H10F3NO3. The second kappa shape index (κ2) is 6.05. The fourth-order valence-corrected chi connectivity index (χ4v) is 0.597. The van der Waals surface area contributed by atoms with E-state index in [2.05, 4.69) is 4.74 Å². The van der Waals surface area contributed by atoms with Crippen LogP contribution in [0.3, 0.4) is 0 Å². The third-order valence-corrected chi connectivity index (χ3v) is 1.18. The summed E-state index contributed by atoms with van der Waals surface area (Å²) in [4.78, 5) is 20.9. The summed E-state index contributed by atoms with van der Waals surface area (Å²) in [5.41, 5.74) is 0. The van der Waals surface area contributed by atoms with Gasteiger partial charge in [-0.05, 0) is 6.92 Å². The van der Waals surface area contributed by atoms with Gasteiger partial charge in [0.2, 0.25) is 0 Å². The van der Waals surface area contributed by atoms with Crippen LogP contribution in [-0.4, -0.2) is 31.2 Å². The average Bonchev–Trinajstić information content (AvgIpc) is 2.11. The second-order valence-corrected chi connectivity index (χ2v) is 2.36. The fraction of sp³-hybridized carbons (Fsp3) is 0.500. The Balaban J connectivity index is 3.80. The molecule has 0 aliphatic carbocycles. The SMILES string of the molecule is CCOC(=O)/C=C/CNC(=O)C(F)(F)F. The number of hydrogen-bond acceptors (Lipinski definition) is 3. The number of ether oxygens (including phenoxy) is 1. The van der Waals surface area contributed by atoms with Crippen molar-refractivity contribution in [2.75, 3.05) is 13.2 Å². The van der Waals surface area contributed by atoms with Crippen molar-refractivity contribution in [3.8, 4) is 0 Å². The number of esters is 1. The number of carbonyl (C=O) groups excluding carboxylic acids is 2. The Morgan fingerprint density at radius 1 is 1.40 bits per heavy atom. The van der Waals surface area contributed by atoms with Crippen molar-refractivity contribution in [1.29, 1.82) is 0 Å². The van der Waals surface area contributed by atoms with E-state index in [0.29, 0.717) is 0 Å². The number of halogens is 3. The number of rotatable bonds is 4. The first-order chi connectivity index (χ1) is 6.88. The van der Waals surface area contributed by atoms with Gasteiger partial charge >= 0.3 is 18.1 Å². The van der Waals surface area contributed by atoms with Crippen LogP contribution in [0.2, 0.25) is 0 Å². The van der Waals surface area contributed by atoms with Gasteiger partial charge in [-0.15, -0.1) is 0 Å². The van der Waals surface area contributed by atoms with E-state index in [1.165, 1.54) is 0 Å². The lowest BCUT2D eigenvalue weighted by Gasteiger charge is -2.04. The second-order valence-electron chi connectivity index (χ2n) is 2.36. The van der Waals surface area contributed by atoms with Crippen molar-refractivity contribution < 1.29 is 27.5 Å². The number of alkyl halides is 3. The van der Waals surface area contributed by atoms with E-state index >= 15 is 0 Å². The van der Waals surface area contributed by atoms with Crippen LogP contribution in [0.25, 0.3) is 0 Å². The zero-order valence-corrected chi connectivity index (χ0v) is 7.93. The molecule has 0 bridgehead atoms. The highest BCUT2D eigenvalue weighted by Crippen LogP contribution is 2.13. The number of hydrogen-bond donors (Lipinski definition) is 1. The molecule has 0 aromatic carbocycles. The van der Waals surface area contributed by atoms with E-state index in [-0.39, 0.29) is 13.2 Å². The van der Waals surface area contributed by atoms with Crippen LogP contribution in [0.5, 0.6) is 0 Å². The molecule has 0 atom stereocenters. The third-order valence-electron chi connectivity index (χ3n) is 1.18. The van der Waals surface area contributed by atoms with E-state index in [9.17, 15) is 22.8 Å². The first-order valence-electron chi connectivity index (χ1n) is 4.06. The minimum atomic E-state index is -4.90. The molecule has 0 saturated carbocycles. The van der Waals surface area contributed by atoms with Gasteiger partial charge < -0.3 is 10.1 Å². The van der Waals surface area contributed by atoms with Gasteiger partial charge in [0.1, 0.15) is 0 Å². The van der Waals surface area contributed by atoms with Crippen LogP contribution in [0.15, 0.2) is 12.2 Å². The molecule has 0 aliphatic heterocycles. The Labute approximate surface area is 84.1 Å². The lowest BCUT2D eigenvalue weighted by atomic mass is 10.4. The first-order valence-corrected chi connectivity index (χ1v) is 4.06. The van der Waals surface area contributed by atoms with E-state index in [0.717, 1.165) is 12.2 Å².